The first-order chi connectivity index (χ1) is 13.8. The Morgan fingerprint density at radius 3 is 2.68 bits per heavy atom. The summed E-state index contributed by atoms with van der Waals surface area (Å²) in [4.78, 5) is 12.2. The van der Waals surface area contributed by atoms with Gasteiger partial charge in [0.25, 0.3) is 0 Å². The molecule has 28 heavy (non-hydrogen) atoms. The van der Waals surface area contributed by atoms with Crippen LogP contribution in [0.4, 0.5) is 5.69 Å². The summed E-state index contributed by atoms with van der Waals surface area (Å²) in [5.41, 5.74) is 0.822. The van der Waals surface area contributed by atoms with Gasteiger partial charge >= 0.3 is 0 Å². The first kappa shape index (κ1) is 18.8. The number of thioether (sulfide) groups is 1. The fraction of sp³-hybridized carbons (Fsp3) is 0.381. The predicted octanol–water partition coefficient (Wildman–Crippen LogP) is 5.16. The van der Waals surface area contributed by atoms with Crippen LogP contribution in [0.5, 0.6) is 0 Å². The van der Waals surface area contributed by atoms with Crippen molar-refractivity contribution >= 4 is 23.4 Å². The molecular formula is C21H24N4O2S. The molecule has 4 rings (SSSR count). The highest BCUT2D eigenvalue weighted by Gasteiger charge is 2.25. The van der Waals surface area contributed by atoms with Crippen molar-refractivity contribution in [1.82, 2.24) is 14.8 Å². The Morgan fingerprint density at radius 1 is 1.11 bits per heavy atom. The Labute approximate surface area is 168 Å². The van der Waals surface area contributed by atoms with E-state index in [1.807, 2.05) is 42.5 Å². The van der Waals surface area contributed by atoms with Crippen LogP contribution < -0.4 is 5.32 Å². The number of hydrogen-bond donors (Lipinski definition) is 1. The Balaban J connectivity index is 1.43. The second-order valence-electron chi connectivity index (χ2n) is 6.96. The number of anilines is 1. The Bertz CT molecular complexity index is 887. The average molecular weight is 397 g/mol. The van der Waals surface area contributed by atoms with Gasteiger partial charge in [-0.25, -0.2) is 0 Å². The molecule has 2 heterocycles. The molecule has 1 aromatic carbocycles. The van der Waals surface area contributed by atoms with Crippen molar-refractivity contribution in [2.45, 2.75) is 49.7 Å². The van der Waals surface area contributed by atoms with E-state index in [0.717, 1.165) is 35.3 Å². The van der Waals surface area contributed by atoms with E-state index in [1.54, 1.807) is 18.0 Å². The third-order valence-corrected chi connectivity index (χ3v) is 5.91. The monoisotopic (exact) mass is 396 g/mol. The highest BCUT2D eigenvalue weighted by Crippen LogP contribution is 2.35. The minimum absolute atomic E-state index is 0.00805. The van der Waals surface area contributed by atoms with E-state index in [1.165, 1.54) is 19.3 Å². The molecule has 1 aliphatic rings. The van der Waals surface area contributed by atoms with Gasteiger partial charge in [0.1, 0.15) is 0 Å². The maximum atomic E-state index is 12.2. The van der Waals surface area contributed by atoms with Crippen LogP contribution in [0, 0.1) is 0 Å². The van der Waals surface area contributed by atoms with Gasteiger partial charge in [0, 0.05) is 23.9 Å². The molecular weight excluding hydrogens is 372 g/mol. The molecule has 146 valence electrons. The molecule has 6 nitrogen and oxygen atoms in total. The van der Waals surface area contributed by atoms with Crippen LogP contribution in [0.2, 0.25) is 0 Å². The van der Waals surface area contributed by atoms with E-state index in [-0.39, 0.29) is 5.91 Å². The Morgan fingerprint density at radius 2 is 1.93 bits per heavy atom. The minimum atomic E-state index is 0.00805. The molecule has 1 saturated carbocycles. The fourth-order valence-electron chi connectivity index (χ4n) is 3.60. The zero-order valence-electron chi connectivity index (χ0n) is 15.7. The van der Waals surface area contributed by atoms with Crippen molar-refractivity contribution in [2.75, 3.05) is 11.1 Å². The number of para-hydroxylation sites is 1. The number of nitrogens with one attached hydrogen (secondary N) is 1. The van der Waals surface area contributed by atoms with Crippen molar-refractivity contribution in [2.24, 2.45) is 0 Å². The molecule has 1 aliphatic carbocycles. The van der Waals surface area contributed by atoms with Crippen LogP contribution in [0.3, 0.4) is 0 Å². The summed E-state index contributed by atoms with van der Waals surface area (Å²) >= 11 is 1.58. The van der Waals surface area contributed by atoms with Crippen LogP contribution in [0.1, 0.15) is 44.6 Å². The van der Waals surface area contributed by atoms with Crippen LogP contribution in [-0.4, -0.2) is 26.4 Å². The number of benzene rings is 1. The summed E-state index contributed by atoms with van der Waals surface area (Å²) in [5.74, 6) is 2.19. The SMILES string of the molecule is O=C(CCSc1nnc(-c2ccco2)n1C1CCCCC1)Nc1ccccc1. The number of amides is 1. The lowest BCUT2D eigenvalue weighted by Crippen LogP contribution is -2.15. The van der Waals surface area contributed by atoms with Crippen LogP contribution in [0.25, 0.3) is 11.6 Å². The normalized spacial score (nSPS) is 14.9. The smallest absolute Gasteiger partial charge is 0.225 e. The molecule has 1 fully saturated rings. The lowest BCUT2D eigenvalue weighted by molar-refractivity contribution is -0.115. The Hall–Kier alpha value is -2.54. The second-order valence-corrected chi connectivity index (χ2v) is 8.02. The van der Waals surface area contributed by atoms with E-state index >= 15 is 0 Å². The third-order valence-electron chi connectivity index (χ3n) is 4.96. The topological polar surface area (TPSA) is 73.0 Å². The van der Waals surface area contributed by atoms with Crippen molar-refractivity contribution in [3.63, 3.8) is 0 Å². The van der Waals surface area contributed by atoms with Crippen molar-refractivity contribution < 1.29 is 9.21 Å². The molecule has 1 N–H and O–H groups in total. The van der Waals surface area contributed by atoms with E-state index in [9.17, 15) is 4.79 Å². The molecule has 1 amide bonds. The molecule has 0 saturated heterocycles. The van der Waals surface area contributed by atoms with Crippen molar-refractivity contribution in [3.05, 3.63) is 48.7 Å². The summed E-state index contributed by atoms with van der Waals surface area (Å²) in [6.45, 7) is 0. The molecule has 3 aromatic rings. The summed E-state index contributed by atoms with van der Waals surface area (Å²) in [6.07, 6.45) is 8.09. The zero-order chi connectivity index (χ0) is 19.2. The highest BCUT2D eigenvalue weighted by molar-refractivity contribution is 7.99. The van der Waals surface area contributed by atoms with Gasteiger partial charge in [-0.05, 0) is 37.1 Å². The standard InChI is InChI=1S/C21H24N4O2S/c26-19(22-16-8-3-1-4-9-16)13-15-28-21-24-23-20(18-12-7-14-27-18)25(21)17-10-5-2-6-11-17/h1,3-4,7-9,12,14,17H,2,5-6,10-11,13,15H2,(H,22,26). The number of carbonyl (C=O) groups is 1. The van der Waals surface area contributed by atoms with Crippen LogP contribution in [0.15, 0.2) is 58.3 Å². The maximum absolute atomic E-state index is 12.2. The van der Waals surface area contributed by atoms with Crippen molar-refractivity contribution in [3.8, 4) is 11.6 Å². The summed E-state index contributed by atoms with van der Waals surface area (Å²) < 4.78 is 7.80. The summed E-state index contributed by atoms with van der Waals surface area (Å²) in [7, 11) is 0. The molecule has 0 atom stereocenters. The van der Waals surface area contributed by atoms with E-state index in [0.29, 0.717) is 18.2 Å². The van der Waals surface area contributed by atoms with Gasteiger partial charge in [0.05, 0.1) is 6.26 Å². The van der Waals surface area contributed by atoms with Gasteiger partial charge in [0.15, 0.2) is 10.9 Å². The van der Waals surface area contributed by atoms with E-state index in [2.05, 4.69) is 20.1 Å². The van der Waals surface area contributed by atoms with Gasteiger partial charge in [0.2, 0.25) is 11.7 Å². The largest absolute Gasteiger partial charge is 0.461 e. The first-order valence-corrected chi connectivity index (χ1v) is 10.8. The van der Waals surface area contributed by atoms with Gasteiger partial charge in [-0.1, -0.05) is 49.2 Å². The van der Waals surface area contributed by atoms with E-state index < -0.39 is 0 Å². The number of nitrogens with zero attached hydrogens (tertiary/aromatic N) is 3. The quantitative estimate of drug-likeness (QED) is 0.558. The summed E-state index contributed by atoms with van der Waals surface area (Å²) in [6, 6.07) is 13.7. The van der Waals surface area contributed by atoms with Crippen LogP contribution >= 0.6 is 11.8 Å². The van der Waals surface area contributed by atoms with Gasteiger partial charge in [-0.2, -0.15) is 0 Å². The number of hydrogen-bond acceptors (Lipinski definition) is 5. The molecule has 0 radical (unpaired) electrons. The molecule has 0 unspecified atom stereocenters. The number of carbonyl (C=O) groups excluding carboxylic acids is 1. The highest BCUT2D eigenvalue weighted by atomic mass is 32.2. The van der Waals surface area contributed by atoms with Gasteiger partial charge < -0.3 is 9.73 Å². The minimum Gasteiger partial charge on any atom is -0.461 e. The summed E-state index contributed by atoms with van der Waals surface area (Å²) in [5, 5.41) is 12.6. The molecule has 2 aromatic heterocycles. The second kappa shape index (κ2) is 9.10. The first-order valence-electron chi connectivity index (χ1n) is 9.78. The van der Waals surface area contributed by atoms with E-state index in [4.69, 9.17) is 4.42 Å². The maximum Gasteiger partial charge on any atom is 0.225 e. The third kappa shape index (κ3) is 4.47. The number of furan rings is 1. The Kier molecular flexibility index (Phi) is 6.11. The lowest BCUT2D eigenvalue weighted by Gasteiger charge is -2.25. The lowest BCUT2D eigenvalue weighted by atomic mass is 9.95. The zero-order valence-corrected chi connectivity index (χ0v) is 16.5. The molecule has 0 spiro atoms. The number of aromatic nitrogens is 3. The van der Waals surface area contributed by atoms with Gasteiger partial charge in [-0.3, -0.25) is 9.36 Å². The van der Waals surface area contributed by atoms with Crippen LogP contribution in [-0.2, 0) is 4.79 Å². The predicted molar refractivity (Wildman–Crippen MR) is 110 cm³/mol. The fourth-order valence-corrected chi connectivity index (χ4v) is 4.54. The average Bonchev–Trinajstić information content (AvgIpc) is 3.39. The van der Waals surface area contributed by atoms with Crippen molar-refractivity contribution in [1.29, 1.82) is 0 Å². The molecule has 0 aliphatic heterocycles. The van der Waals surface area contributed by atoms with Gasteiger partial charge in [-0.15, -0.1) is 10.2 Å². The molecule has 0 bridgehead atoms. The number of rotatable bonds is 7. The molecule has 7 heteroatoms.